The quantitative estimate of drug-likeness (QED) is 0.637. The molecule has 0 radical (unpaired) electrons. The number of anilines is 3. The van der Waals surface area contributed by atoms with E-state index in [-0.39, 0.29) is 0 Å². The molecule has 2 aromatic carbocycles. The van der Waals surface area contributed by atoms with Gasteiger partial charge in [-0.1, -0.05) is 30.3 Å². The van der Waals surface area contributed by atoms with Crippen molar-refractivity contribution in [3.8, 4) is 6.07 Å². The van der Waals surface area contributed by atoms with Crippen molar-refractivity contribution in [2.45, 2.75) is 12.8 Å². The van der Waals surface area contributed by atoms with Crippen molar-refractivity contribution in [3.63, 3.8) is 0 Å². The summed E-state index contributed by atoms with van der Waals surface area (Å²) in [6, 6.07) is 21.7. The van der Waals surface area contributed by atoms with Crippen molar-refractivity contribution < 1.29 is 0 Å². The lowest BCUT2D eigenvalue weighted by Gasteiger charge is -2.09. The van der Waals surface area contributed by atoms with E-state index in [0.29, 0.717) is 11.4 Å². The van der Waals surface area contributed by atoms with Crippen LogP contribution in [0.3, 0.4) is 0 Å². The molecule has 0 saturated heterocycles. The summed E-state index contributed by atoms with van der Waals surface area (Å²) in [5.41, 5.74) is 2.86. The molecule has 2 N–H and O–H groups in total. The first-order valence-electron chi connectivity index (χ1n) is 8.20. The van der Waals surface area contributed by atoms with E-state index < -0.39 is 0 Å². The van der Waals surface area contributed by atoms with E-state index in [1.54, 1.807) is 12.1 Å². The highest BCUT2D eigenvalue weighted by Crippen LogP contribution is 2.16. The largest absolute Gasteiger partial charge is 0.370 e. The minimum Gasteiger partial charge on any atom is -0.370 e. The third kappa shape index (κ3) is 5.05. The molecule has 0 bridgehead atoms. The van der Waals surface area contributed by atoms with Crippen LogP contribution in [0.25, 0.3) is 0 Å². The number of aromatic nitrogens is 2. The standard InChI is InChI=1S/C20H19N5/c21-14-17-8-10-18(11-9-17)25-20-13-19(23-15-24-20)22-12-4-7-16-5-2-1-3-6-16/h1-3,5-6,8-11,13,15H,4,7,12H2,(H2,22,23,24,25). The molecule has 0 aliphatic carbocycles. The Kier molecular flexibility index (Phi) is 5.57. The van der Waals surface area contributed by atoms with Crippen LogP contribution in [0.5, 0.6) is 0 Å². The molecule has 0 unspecified atom stereocenters. The third-order valence-electron chi connectivity index (χ3n) is 3.74. The summed E-state index contributed by atoms with van der Waals surface area (Å²) in [5.74, 6) is 1.50. The molecule has 5 nitrogen and oxygen atoms in total. The predicted molar refractivity (Wildman–Crippen MR) is 99.7 cm³/mol. The highest BCUT2D eigenvalue weighted by Gasteiger charge is 2.00. The summed E-state index contributed by atoms with van der Waals surface area (Å²) in [6.45, 7) is 0.849. The van der Waals surface area contributed by atoms with Crippen LogP contribution in [0.1, 0.15) is 17.5 Å². The van der Waals surface area contributed by atoms with Crippen LogP contribution in [0, 0.1) is 11.3 Å². The van der Waals surface area contributed by atoms with Gasteiger partial charge in [-0.05, 0) is 42.7 Å². The molecule has 0 amide bonds. The molecule has 124 valence electrons. The van der Waals surface area contributed by atoms with E-state index in [0.717, 1.165) is 30.9 Å². The second-order valence-corrected chi connectivity index (χ2v) is 5.62. The Hall–Kier alpha value is -3.39. The number of nitriles is 1. The van der Waals surface area contributed by atoms with Gasteiger partial charge in [0.15, 0.2) is 0 Å². The zero-order valence-electron chi connectivity index (χ0n) is 13.8. The fourth-order valence-corrected chi connectivity index (χ4v) is 2.45. The average molecular weight is 329 g/mol. The zero-order chi connectivity index (χ0) is 17.3. The lowest BCUT2D eigenvalue weighted by Crippen LogP contribution is -2.05. The Morgan fingerprint density at radius 3 is 2.44 bits per heavy atom. The van der Waals surface area contributed by atoms with Gasteiger partial charge in [0.25, 0.3) is 0 Å². The van der Waals surface area contributed by atoms with E-state index >= 15 is 0 Å². The van der Waals surface area contributed by atoms with Crippen LogP contribution >= 0.6 is 0 Å². The molecule has 0 saturated carbocycles. The van der Waals surface area contributed by atoms with E-state index in [4.69, 9.17) is 5.26 Å². The Morgan fingerprint density at radius 2 is 1.68 bits per heavy atom. The second-order valence-electron chi connectivity index (χ2n) is 5.62. The lowest BCUT2D eigenvalue weighted by atomic mass is 10.1. The first-order chi connectivity index (χ1) is 12.3. The zero-order valence-corrected chi connectivity index (χ0v) is 13.8. The molecule has 1 heterocycles. The van der Waals surface area contributed by atoms with E-state index in [1.807, 2.05) is 24.3 Å². The Balaban J connectivity index is 1.51. The van der Waals surface area contributed by atoms with Gasteiger partial charge in [-0.25, -0.2) is 9.97 Å². The van der Waals surface area contributed by atoms with E-state index in [9.17, 15) is 0 Å². The van der Waals surface area contributed by atoms with Gasteiger partial charge in [-0.2, -0.15) is 5.26 Å². The van der Waals surface area contributed by atoms with Crippen molar-refractivity contribution in [2.24, 2.45) is 0 Å². The first kappa shape index (κ1) is 16.5. The highest BCUT2D eigenvalue weighted by atomic mass is 15.1. The molecular formula is C20H19N5. The van der Waals surface area contributed by atoms with Gasteiger partial charge >= 0.3 is 0 Å². The fourth-order valence-electron chi connectivity index (χ4n) is 2.45. The topological polar surface area (TPSA) is 73.6 Å². The third-order valence-corrected chi connectivity index (χ3v) is 3.74. The van der Waals surface area contributed by atoms with Gasteiger partial charge < -0.3 is 10.6 Å². The van der Waals surface area contributed by atoms with Crippen molar-refractivity contribution in [1.82, 2.24) is 9.97 Å². The average Bonchev–Trinajstić information content (AvgIpc) is 2.67. The number of hydrogen-bond donors (Lipinski definition) is 2. The van der Waals surface area contributed by atoms with Gasteiger partial charge in [-0.3, -0.25) is 0 Å². The minimum atomic E-state index is 0.633. The highest BCUT2D eigenvalue weighted by molar-refractivity contribution is 5.59. The van der Waals surface area contributed by atoms with E-state index in [1.165, 1.54) is 11.9 Å². The van der Waals surface area contributed by atoms with E-state index in [2.05, 4.69) is 50.9 Å². The molecule has 1 aromatic heterocycles. The van der Waals surface area contributed by atoms with Crippen molar-refractivity contribution >= 4 is 17.3 Å². The molecule has 3 aromatic rings. The molecular weight excluding hydrogens is 310 g/mol. The van der Waals surface area contributed by atoms with Gasteiger partial charge in [0.2, 0.25) is 0 Å². The van der Waals surface area contributed by atoms with Crippen molar-refractivity contribution in [2.75, 3.05) is 17.2 Å². The summed E-state index contributed by atoms with van der Waals surface area (Å²) in [4.78, 5) is 8.47. The number of aryl methyl sites for hydroxylation is 1. The molecule has 0 atom stereocenters. The summed E-state index contributed by atoms with van der Waals surface area (Å²) in [5, 5.41) is 15.4. The van der Waals surface area contributed by atoms with Gasteiger partial charge in [-0.15, -0.1) is 0 Å². The summed E-state index contributed by atoms with van der Waals surface area (Å²) in [6.07, 6.45) is 3.60. The minimum absolute atomic E-state index is 0.633. The summed E-state index contributed by atoms with van der Waals surface area (Å²) in [7, 11) is 0. The molecule has 0 spiro atoms. The van der Waals surface area contributed by atoms with Gasteiger partial charge in [0.05, 0.1) is 11.6 Å². The van der Waals surface area contributed by atoms with Crippen molar-refractivity contribution in [1.29, 1.82) is 5.26 Å². The molecule has 0 aliphatic rings. The first-order valence-corrected chi connectivity index (χ1v) is 8.20. The smallest absolute Gasteiger partial charge is 0.135 e. The molecule has 0 fully saturated rings. The fraction of sp³-hybridized carbons (Fsp3) is 0.150. The summed E-state index contributed by atoms with van der Waals surface area (Å²) < 4.78 is 0. The molecule has 0 aliphatic heterocycles. The van der Waals surface area contributed by atoms with Crippen LogP contribution < -0.4 is 10.6 Å². The number of nitrogens with one attached hydrogen (secondary N) is 2. The van der Waals surface area contributed by atoms with Crippen LogP contribution in [0.15, 0.2) is 67.0 Å². The summed E-state index contributed by atoms with van der Waals surface area (Å²) >= 11 is 0. The Bertz CT molecular complexity index is 838. The number of nitrogens with zero attached hydrogens (tertiary/aromatic N) is 3. The number of benzene rings is 2. The van der Waals surface area contributed by atoms with Gasteiger partial charge in [0.1, 0.15) is 18.0 Å². The second kappa shape index (κ2) is 8.46. The predicted octanol–water partition coefficient (Wildman–Crippen LogP) is 4.14. The van der Waals surface area contributed by atoms with Crippen LogP contribution in [0.4, 0.5) is 17.3 Å². The Morgan fingerprint density at radius 1 is 0.920 bits per heavy atom. The number of rotatable bonds is 7. The maximum absolute atomic E-state index is 8.83. The van der Waals surface area contributed by atoms with Crippen LogP contribution in [-0.2, 0) is 6.42 Å². The molecule has 3 rings (SSSR count). The molecule has 5 heteroatoms. The van der Waals surface area contributed by atoms with Crippen LogP contribution in [-0.4, -0.2) is 16.5 Å². The monoisotopic (exact) mass is 329 g/mol. The SMILES string of the molecule is N#Cc1ccc(Nc2cc(NCCCc3ccccc3)ncn2)cc1. The lowest BCUT2D eigenvalue weighted by molar-refractivity contribution is 0.858. The van der Waals surface area contributed by atoms with Crippen LogP contribution in [0.2, 0.25) is 0 Å². The maximum atomic E-state index is 8.83. The van der Waals surface area contributed by atoms with Crippen molar-refractivity contribution in [3.05, 3.63) is 78.1 Å². The Labute approximate surface area is 147 Å². The normalized spacial score (nSPS) is 10.0. The number of hydrogen-bond acceptors (Lipinski definition) is 5. The van der Waals surface area contributed by atoms with Gasteiger partial charge in [0, 0.05) is 18.3 Å². The molecule has 25 heavy (non-hydrogen) atoms. The maximum Gasteiger partial charge on any atom is 0.135 e.